The SMILES string of the molecule is Cc1ccc(NC(c2ccc(C)cc2)[C@@H]2C(=O)N(c3ccc(C)cc3)C[C@@H]3CCC=C[C@@H]32)cc1. The van der Waals surface area contributed by atoms with E-state index < -0.39 is 0 Å². The molecule has 1 aliphatic carbocycles. The number of carbonyl (C=O) groups is 1. The third-order valence-corrected chi connectivity index (χ3v) is 7.50. The highest BCUT2D eigenvalue weighted by Gasteiger charge is 2.46. The summed E-state index contributed by atoms with van der Waals surface area (Å²) in [7, 11) is 0. The molecular weight excluding hydrogens is 416 g/mol. The summed E-state index contributed by atoms with van der Waals surface area (Å²) < 4.78 is 0. The van der Waals surface area contributed by atoms with E-state index in [1.54, 1.807) is 0 Å². The molecule has 34 heavy (non-hydrogen) atoms. The van der Waals surface area contributed by atoms with Gasteiger partial charge in [-0.1, -0.05) is 77.4 Å². The zero-order chi connectivity index (χ0) is 23.7. The number of rotatable bonds is 5. The average Bonchev–Trinajstić information content (AvgIpc) is 2.85. The Balaban J connectivity index is 1.58. The van der Waals surface area contributed by atoms with Gasteiger partial charge in [0.15, 0.2) is 0 Å². The van der Waals surface area contributed by atoms with Crippen LogP contribution in [0.2, 0.25) is 0 Å². The van der Waals surface area contributed by atoms with Gasteiger partial charge in [-0.15, -0.1) is 0 Å². The summed E-state index contributed by atoms with van der Waals surface area (Å²) in [6, 6.07) is 25.4. The summed E-state index contributed by atoms with van der Waals surface area (Å²) in [6.45, 7) is 7.09. The predicted octanol–water partition coefficient (Wildman–Crippen LogP) is 7.01. The lowest BCUT2D eigenvalue weighted by Crippen LogP contribution is -2.53. The van der Waals surface area contributed by atoms with Crippen molar-refractivity contribution in [2.75, 3.05) is 16.8 Å². The minimum Gasteiger partial charge on any atom is -0.377 e. The normalized spacial score (nSPS) is 22.9. The summed E-state index contributed by atoms with van der Waals surface area (Å²) in [5.74, 6) is 0.719. The highest BCUT2D eigenvalue weighted by molar-refractivity contribution is 5.97. The van der Waals surface area contributed by atoms with Crippen LogP contribution in [-0.2, 0) is 4.79 Å². The number of amides is 1. The van der Waals surface area contributed by atoms with Crippen LogP contribution in [-0.4, -0.2) is 12.5 Å². The molecule has 3 aromatic rings. The van der Waals surface area contributed by atoms with Crippen LogP contribution >= 0.6 is 0 Å². The maximum absolute atomic E-state index is 14.2. The molecule has 0 saturated carbocycles. The van der Waals surface area contributed by atoms with Crippen molar-refractivity contribution in [3.05, 3.63) is 107 Å². The van der Waals surface area contributed by atoms with E-state index in [1.165, 1.54) is 16.7 Å². The summed E-state index contributed by atoms with van der Waals surface area (Å²) in [5, 5.41) is 3.77. The van der Waals surface area contributed by atoms with E-state index in [0.29, 0.717) is 5.92 Å². The van der Waals surface area contributed by atoms with Crippen LogP contribution < -0.4 is 10.2 Å². The molecule has 0 spiro atoms. The van der Waals surface area contributed by atoms with Gasteiger partial charge in [-0.3, -0.25) is 4.79 Å². The van der Waals surface area contributed by atoms with E-state index in [0.717, 1.165) is 36.3 Å². The van der Waals surface area contributed by atoms with Crippen LogP contribution in [0.1, 0.15) is 41.1 Å². The number of piperidine rings is 1. The number of hydrogen-bond acceptors (Lipinski definition) is 2. The molecular formula is C31H34N2O. The van der Waals surface area contributed by atoms with Crippen molar-refractivity contribution in [1.82, 2.24) is 0 Å². The molecule has 0 bridgehead atoms. The van der Waals surface area contributed by atoms with Gasteiger partial charge in [-0.25, -0.2) is 0 Å². The van der Waals surface area contributed by atoms with Crippen LogP contribution in [0, 0.1) is 38.5 Å². The first-order valence-corrected chi connectivity index (χ1v) is 12.4. The lowest BCUT2D eigenvalue weighted by atomic mass is 9.68. The number of allylic oxidation sites excluding steroid dienone is 2. The average molecular weight is 451 g/mol. The van der Waals surface area contributed by atoms with Gasteiger partial charge in [-0.2, -0.15) is 0 Å². The Kier molecular flexibility index (Phi) is 6.28. The molecule has 1 unspecified atom stereocenters. The lowest BCUT2D eigenvalue weighted by molar-refractivity contribution is -0.127. The number of fused-ring (bicyclic) bond motifs is 1. The minimum absolute atomic E-state index is 0.112. The van der Waals surface area contributed by atoms with Gasteiger partial charge in [0.25, 0.3) is 0 Å². The molecule has 1 saturated heterocycles. The molecule has 5 rings (SSSR count). The molecule has 3 aromatic carbocycles. The molecule has 0 aromatic heterocycles. The van der Waals surface area contributed by atoms with Crippen molar-refractivity contribution in [1.29, 1.82) is 0 Å². The Morgan fingerprint density at radius 1 is 0.824 bits per heavy atom. The molecule has 3 nitrogen and oxygen atoms in total. The zero-order valence-electron chi connectivity index (χ0n) is 20.4. The number of benzene rings is 3. The van der Waals surface area contributed by atoms with Crippen molar-refractivity contribution < 1.29 is 4.79 Å². The van der Waals surface area contributed by atoms with Gasteiger partial charge >= 0.3 is 0 Å². The molecule has 1 fully saturated rings. The fourth-order valence-corrected chi connectivity index (χ4v) is 5.51. The number of nitrogens with one attached hydrogen (secondary N) is 1. The summed E-state index contributed by atoms with van der Waals surface area (Å²) in [4.78, 5) is 16.3. The second kappa shape index (κ2) is 9.50. The van der Waals surface area contributed by atoms with Crippen molar-refractivity contribution in [3.8, 4) is 0 Å². The van der Waals surface area contributed by atoms with Gasteiger partial charge in [0, 0.05) is 17.9 Å². The number of hydrogen-bond donors (Lipinski definition) is 1. The van der Waals surface area contributed by atoms with Gasteiger partial charge in [0.1, 0.15) is 0 Å². The Bertz CT molecular complexity index is 1160. The second-order valence-electron chi connectivity index (χ2n) is 10.1. The van der Waals surface area contributed by atoms with E-state index in [1.807, 2.05) is 4.90 Å². The quantitative estimate of drug-likeness (QED) is 0.424. The van der Waals surface area contributed by atoms with Crippen LogP contribution in [0.4, 0.5) is 11.4 Å². The third-order valence-electron chi connectivity index (χ3n) is 7.50. The molecule has 1 N–H and O–H groups in total. The number of nitrogens with zero attached hydrogens (tertiary/aromatic N) is 1. The van der Waals surface area contributed by atoms with Crippen molar-refractivity contribution in [2.45, 2.75) is 39.7 Å². The molecule has 1 aliphatic heterocycles. The van der Waals surface area contributed by atoms with Crippen molar-refractivity contribution in [3.63, 3.8) is 0 Å². The minimum atomic E-state index is -0.180. The third kappa shape index (κ3) is 4.52. The van der Waals surface area contributed by atoms with Crippen LogP contribution in [0.5, 0.6) is 0 Å². The van der Waals surface area contributed by atoms with Crippen molar-refractivity contribution in [2.24, 2.45) is 17.8 Å². The largest absolute Gasteiger partial charge is 0.377 e. The van der Waals surface area contributed by atoms with E-state index >= 15 is 0 Å². The van der Waals surface area contributed by atoms with E-state index in [2.05, 4.69) is 111 Å². The van der Waals surface area contributed by atoms with Crippen LogP contribution in [0.3, 0.4) is 0 Å². The lowest BCUT2D eigenvalue weighted by Gasteiger charge is -2.46. The smallest absolute Gasteiger partial charge is 0.233 e. The van der Waals surface area contributed by atoms with E-state index in [4.69, 9.17) is 0 Å². The molecule has 174 valence electrons. The molecule has 1 heterocycles. The van der Waals surface area contributed by atoms with Gasteiger partial charge in [0.2, 0.25) is 5.91 Å². The van der Waals surface area contributed by atoms with Gasteiger partial charge < -0.3 is 10.2 Å². The Morgan fingerprint density at radius 2 is 1.41 bits per heavy atom. The van der Waals surface area contributed by atoms with E-state index in [9.17, 15) is 4.79 Å². The number of aryl methyl sites for hydroxylation is 3. The topological polar surface area (TPSA) is 32.3 Å². The fraction of sp³-hybridized carbons (Fsp3) is 0.323. The highest BCUT2D eigenvalue weighted by Crippen LogP contribution is 2.45. The first kappa shape index (κ1) is 22.5. The Labute approximate surface area is 203 Å². The molecule has 2 aliphatic rings. The molecule has 1 amide bonds. The second-order valence-corrected chi connectivity index (χ2v) is 10.1. The number of carbonyl (C=O) groups excluding carboxylic acids is 1. The maximum atomic E-state index is 14.2. The van der Waals surface area contributed by atoms with Crippen molar-refractivity contribution >= 4 is 17.3 Å². The highest BCUT2D eigenvalue weighted by atomic mass is 16.2. The van der Waals surface area contributed by atoms with Gasteiger partial charge in [-0.05, 0) is 75.3 Å². The van der Waals surface area contributed by atoms with E-state index in [-0.39, 0.29) is 23.8 Å². The Morgan fingerprint density at radius 3 is 2.06 bits per heavy atom. The predicted molar refractivity (Wildman–Crippen MR) is 141 cm³/mol. The first-order valence-electron chi connectivity index (χ1n) is 12.4. The monoisotopic (exact) mass is 450 g/mol. The summed E-state index contributed by atoms with van der Waals surface area (Å²) in [5.41, 5.74) is 6.88. The number of anilines is 2. The fourth-order valence-electron chi connectivity index (χ4n) is 5.51. The summed E-state index contributed by atoms with van der Waals surface area (Å²) >= 11 is 0. The Hall–Kier alpha value is -3.33. The standard InChI is InChI=1S/C31H34N2O/c1-21-8-14-24(15-9-21)30(32-26-16-10-22(2)11-17-26)29-28-7-5-4-6-25(28)20-33(31(29)34)27-18-12-23(3)13-19-27/h5,7-19,25,28-30,32H,4,6,20H2,1-3H3/t25-,28-,29+,30?/m0/s1. The molecule has 0 radical (unpaired) electrons. The molecule has 4 atom stereocenters. The van der Waals surface area contributed by atoms with Gasteiger partial charge in [0.05, 0.1) is 12.0 Å². The first-order chi connectivity index (χ1) is 16.5. The zero-order valence-corrected chi connectivity index (χ0v) is 20.4. The van der Waals surface area contributed by atoms with Crippen LogP contribution in [0.25, 0.3) is 0 Å². The summed E-state index contributed by atoms with van der Waals surface area (Å²) in [6.07, 6.45) is 6.81. The molecule has 3 heteroatoms. The maximum Gasteiger partial charge on any atom is 0.233 e. The van der Waals surface area contributed by atoms with Crippen LogP contribution in [0.15, 0.2) is 84.9 Å².